The third-order valence-electron chi connectivity index (χ3n) is 3.70. The molecule has 0 amide bonds. The van der Waals surface area contributed by atoms with Gasteiger partial charge in [0.1, 0.15) is 0 Å². The van der Waals surface area contributed by atoms with Crippen LogP contribution < -0.4 is 5.32 Å². The van der Waals surface area contributed by atoms with E-state index in [0.717, 1.165) is 13.1 Å². The molecule has 0 aliphatic rings. The average molecular weight is 347 g/mol. The molecule has 0 saturated carbocycles. The van der Waals surface area contributed by atoms with Crippen LogP contribution in [-0.4, -0.2) is 25.5 Å². The summed E-state index contributed by atoms with van der Waals surface area (Å²) in [6.07, 6.45) is 0. The van der Waals surface area contributed by atoms with Crippen LogP contribution in [0, 0.1) is 6.92 Å². The summed E-state index contributed by atoms with van der Waals surface area (Å²) in [6, 6.07) is 17.5. The molecule has 21 heavy (non-hydrogen) atoms. The van der Waals surface area contributed by atoms with E-state index in [1.54, 1.807) is 0 Å². The van der Waals surface area contributed by atoms with E-state index in [1.807, 2.05) is 0 Å². The normalized spacial score (nSPS) is 12.6. The summed E-state index contributed by atoms with van der Waals surface area (Å²) in [5, 5.41) is 3.57. The standard InChI is InChI=1S/C18H23BrN2/c1-14-11-15(9-10-17(14)19)12-20-13-18(21(2)3)16-7-5-4-6-8-16/h4-11,18,20H,12-13H2,1-3H3. The lowest BCUT2D eigenvalue weighted by Crippen LogP contribution is -2.30. The van der Waals surface area contributed by atoms with Crippen molar-refractivity contribution in [3.8, 4) is 0 Å². The number of halogens is 1. The summed E-state index contributed by atoms with van der Waals surface area (Å²) in [5.41, 5.74) is 3.95. The van der Waals surface area contributed by atoms with Gasteiger partial charge in [0, 0.05) is 23.6 Å². The van der Waals surface area contributed by atoms with Gasteiger partial charge in [0.25, 0.3) is 0 Å². The Morgan fingerprint density at radius 3 is 2.43 bits per heavy atom. The van der Waals surface area contributed by atoms with Crippen LogP contribution in [0.3, 0.4) is 0 Å². The molecule has 0 aromatic heterocycles. The smallest absolute Gasteiger partial charge is 0.0466 e. The highest BCUT2D eigenvalue weighted by molar-refractivity contribution is 9.10. The SMILES string of the molecule is Cc1cc(CNCC(c2ccccc2)N(C)C)ccc1Br. The highest BCUT2D eigenvalue weighted by atomic mass is 79.9. The van der Waals surface area contributed by atoms with Crippen LogP contribution >= 0.6 is 15.9 Å². The fraction of sp³-hybridized carbons (Fsp3) is 0.333. The van der Waals surface area contributed by atoms with Crippen LogP contribution in [0.1, 0.15) is 22.7 Å². The van der Waals surface area contributed by atoms with Crippen molar-refractivity contribution in [3.05, 3.63) is 69.7 Å². The van der Waals surface area contributed by atoms with Gasteiger partial charge in [-0.2, -0.15) is 0 Å². The van der Waals surface area contributed by atoms with Crippen molar-refractivity contribution in [1.82, 2.24) is 10.2 Å². The molecular formula is C18H23BrN2. The van der Waals surface area contributed by atoms with Crippen LogP contribution in [-0.2, 0) is 6.54 Å². The van der Waals surface area contributed by atoms with E-state index in [1.165, 1.54) is 21.2 Å². The van der Waals surface area contributed by atoms with E-state index in [4.69, 9.17) is 0 Å². The Morgan fingerprint density at radius 1 is 1.10 bits per heavy atom. The Bertz CT molecular complexity index is 567. The number of hydrogen-bond donors (Lipinski definition) is 1. The molecule has 3 heteroatoms. The van der Waals surface area contributed by atoms with Crippen LogP contribution in [0.4, 0.5) is 0 Å². The molecule has 0 fully saturated rings. The minimum atomic E-state index is 0.391. The monoisotopic (exact) mass is 346 g/mol. The van der Waals surface area contributed by atoms with E-state index < -0.39 is 0 Å². The second-order valence-corrected chi connectivity index (χ2v) is 6.46. The molecule has 0 saturated heterocycles. The molecule has 0 aliphatic heterocycles. The zero-order chi connectivity index (χ0) is 15.2. The first-order chi connectivity index (χ1) is 10.1. The number of rotatable bonds is 6. The summed E-state index contributed by atoms with van der Waals surface area (Å²) in [7, 11) is 4.26. The van der Waals surface area contributed by atoms with Crippen molar-refractivity contribution in [1.29, 1.82) is 0 Å². The van der Waals surface area contributed by atoms with Crippen molar-refractivity contribution in [2.24, 2.45) is 0 Å². The van der Waals surface area contributed by atoms with E-state index in [-0.39, 0.29) is 0 Å². The Morgan fingerprint density at radius 2 is 1.81 bits per heavy atom. The lowest BCUT2D eigenvalue weighted by Gasteiger charge is -2.25. The number of nitrogens with one attached hydrogen (secondary N) is 1. The largest absolute Gasteiger partial charge is 0.311 e. The average Bonchev–Trinajstić information content (AvgIpc) is 2.48. The number of aryl methyl sites for hydroxylation is 1. The molecule has 2 rings (SSSR count). The lowest BCUT2D eigenvalue weighted by atomic mass is 10.1. The number of nitrogens with zero attached hydrogens (tertiary/aromatic N) is 1. The van der Waals surface area contributed by atoms with Gasteiger partial charge in [0.05, 0.1) is 0 Å². The first kappa shape index (κ1) is 16.2. The summed E-state index contributed by atoms with van der Waals surface area (Å²) in [5.74, 6) is 0. The zero-order valence-electron chi connectivity index (χ0n) is 12.9. The van der Waals surface area contributed by atoms with E-state index >= 15 is 0 Å². The molecule has 0 heterocycles. The molecule has 1 unspecified atom stereocenters. The maximum absolute atomic E-state index is 3.57. The molecule has 1 N–H and O–H groups in total. The van der Waals surface area contributed by atoms with Crippen molar-refractivity contribution in [2.75, 3.05) is 20.6 Å². The predicted octanol–water partition coefficient (Wildman–Crippen LogP) is 4.15. The lowest BCUT2D eigenvalue weighted by molar-refractivity contribution is 0.288. The van der Waals surface area contributed by atoms with Gasteiger partial charge in [-0.05, 0) is 43.8 Å². The second kappa shape index (κ2) is 7.74. The number of benzene rings is 2. The molecule has 0 aliphatic carbocycles. The summed E-state index contributed by atoms with van der Waals surface area (Å²) in [6.45, 7) is 3.96. The Balaban J connectivity index is 1.95. The Hall–Kier alpha value is -1.16. The van der Waals surface area contributed by atoms with Gasteiger partial charge in [-0.1, -0.05) is 58.4 Å². The molecular weight excluding hydrogens is 324 g/mol. The van der Waals surface area contributed by atoms with Crippen molar-refractivity contribution in [3.63, 3.8) is 0 Å². The maximum Gasteiger partial charge on any atom is 0.0466 e. The van der Waals surface area contributed by atoms with Gasteiger partial charge in [-0.15, -0.1) is 0 Å². The van der Waals surface area contributed by atoms with Crippen molar-refractivity contribution >= 4 is 15.9 Å². The van der Waals surface area contributed by atoms with E-state index in [9.17, 15) is 0 Å². The third-order valence-corrected chi connectivity index (χ3v) is 4.59. The molecule has 2 aromatic carbocycles. The van der Waals surface area contributed by atoms with Gasteiger partial charge in [0.15, 0.2) is 0 Å². The molecule has 112 valence electrons. The Kier molecular flexibility index (Phi) is 5.97. The van der Waals surface area contributed by atoms with Gasteiger partial charge in [-0.3, -0.25) is 0 Å². The predicted molar refractivity (Wildman–Crippen MR) is 93.5 cm³/mol. The molecule has 2 nitrogen and oxygen atoms in total. The Labute approximate surface area is 136 Å². The quantitative estimate of drug-likeness (QED) is 0.845. The summed E-state index contributed by atoms with van der Waals surface area (Å²) < 4.78 is 1.17. The molecule has 0 bridgehead atoms. The minimum Gasteiger partial charge on any atom is -0.311 e. The topological polar surface area (TPSA) is 15.3 Å². The second-order valence-electron chi connectivity index (χ2n) is 5.60. The number of likely N-dealkylation sites (N-methyl/N-ethyl adjacent to an activating group) is 1. The van der Waals surface area contributed by atoms with Gasteiger partial charge < -0.3 is 10.2 Å². The van der Waals surface area contributed by atoms with E-state index in [0.29, 0.717) is 6.04 Å². The minimum absolute atomic E-state index is 0.391. The highest BCUT2D eigenvalue weighted by Crippen LogP contribution is 2.18. The van der Waals surface area contributed by atoms with Crippen molar-refractivity contribution < 1.29 is 0 Å². The molecule has 2 aromatic rings. The van der Waals surface area contributed by atoms with Gasteiger partial charge >= 0.3 is 0 Å². The molecule has 0 spiro atoms. The number of hydrogen-bond acceptors (Lipinski definition) is 2. The van der Waals surface area contributed by atoms with Crippen molar-refractivity contribution in [2.45, 2.75) is 19.5 Å². The van der Waals surface area contributed by atoms with E-state index in [2.05, 4.69) is 95.7 Å². The third kappa shape index (κ3) is 4.67. The zero-order valence-corrected chi connectivity index (χ0v) is 14.5. The first-order valence-electron chi connectivity index (χ1n) is 7.25. The maximum atomic E-state index is 3.57. The molecule has 1 atom stereocenters. The van der Waals surface area contributed by atoms with Crippen LogP contribution in [0.25, 0.3) is 0 Å². The summed E-state index contributed by atoms with van der Waals surface area (Å²) >= 11 is 3.54. The fourth-order valence-electron chi connectivity index (χ4n) is 2.44. The van der Waals surface area contributed by atoms with Crippen LogP contribution in [0.2, 0.25) is 0 Å². The fourth-order valence-corrected chi connectivity index (χ4v) is 2.69. The summed E-state index contributed by atoms with van der Waals surface area (Å²) in [4.78, 5) is 2.26. The van der Waals surface area contributed by atoms with Gasteiger partial charge in [-0.25, -0.2) is 0 Å². The first-order valence-corrected chi connectivity index (χ1v) is 8.04. The van der Waals surface area contributed by atoms with Crippen LogP contribution in [0.5, 0.6) is 0 Å². The van der Waals surface area contributed by atoms with Crippen LogP contribution in [0.15, 0.2) is 53.0 Å². The molecule has 0 radical (unpaired) electrons. The van der Waals surface area contributed by atoms with Gasteiger partial charge in [0.2, 0.25) is 0 Å². The highest BCUT2D eigenvalue weighted by Gasteiger charge is 2.12.